The molecule has 2 aliphatic heterocycles. The summed E-state index contributed by atoms with van der Waals surface area (Å²) in [4.78, 5) is 38.3. The number of hydrogen-bond donors (Lipinski definition) is 3. The van der Waals surface area contributed by atoms with Crippen LogP contribution in [0.15, 0.2) is 18.8 Å². The number of nitrogens with one attached hydrogen (secondary N) is 2. The number of nitrogens with zero attached hydrogens (tertiary/aromatic N) is 3. The van der Waals surface area contributed by atoms with E-state index in [1.165, 1.54) is 25.7 Å². The van der Waals surface area contributed by atoms with Gasteiger partial charge < -0.3 is 20.6 Å². The molecule has 6 rings (SSSR count). The first-order valence-electron chi connectivity index (χ1n) is 14.0. The smallest absolute Gasteiger partial charge is 0.280 e. The summed E-state index contributed by atoms with van der Waals surface area (Å²) in [6.45, 7) is 6.78. The third-order valence-electron chi connectivity index (χ3n) is 8.41. The minimum Gasteiger partial charge on any atom is -0.389 e. The second kappa shape index (κ2) is 9.96. The van der Waals surface area contributed by atoms with E-state index < -0.39 is 17.3 Å². The van der Waals surface area contributed by atoms with Gasteiger partial charge >= 0.3 is 0 Å². The Balaban J connectivity index is 1.36. The van der Waals surface area contributed by atoms with E-state index in [-0.39, 0.29) is 40.8 Å². The average Bonchev–Trinajstić information content (AvgIpc) is 3.81. The maximum atomic E-state index is 15.0. The highest BCUT2D eigenvalue weighted by Crippen LogP contribution is 2.46. The Hall–Kier alpha value is -2.85. The second-order valence-electron chi connectivity index (χ2n) is 12.2. The highest BCUT2D eigenvalue weighted by atomic mass is 32.1. The van der Waals surface area contributed by atoms with Crippen molar-refractivity contribution < 1.29 is 19.1 Å². The van der Waals surface area contributed by atoms with Crippen LogP contribution in [-0.4, -0.2) is 62.1 Å². The number of rotatable bonds is 10. The van der Waals surface area contributed by atoms with Crippen LogP contribution in [0.25, 0.3) is 16.3 Å². The molecule has 3 N–H and O–H groups in total. The van der Waals surface area contributed by atoms with Crippen LogP contribution in [0.4, 0.5) is 10.2 Å². The molecule has 0 aromatic carbocycles. The third kappa shape index (κ3) is 5.45. The second-order valence-corrected chi connectivity index (χ2v) is 13.2. The molecule has 2 amide bonds. The van der Waals surface area contributed by atoms with Crippen LogP contribution >= 0.6 is 11.3 Å². The number of anilines is 1. The van der Waals surface area contributed by atoms with Gasteiger partial charge in [-0.15, -0.1) is 11.3 Å². The van der Waals surface area contributed by atoms with Crippen molar-refractivity contribution in [2.45, 2.75) is 88.9 Å². The molecule has 0 spiro atoms. The summed E-state index contributed by atoms with van der Waals surface area (Å²) in [5.41, 5.74) is -0.320. The van der Waals surface area contributed by atoms with Gasteiger partial charge in [-0.1, -0.05) is 6.58 Å². The van der Waals surface area contributed by atoms with Gasteiger partial charge in [0.15, 0.2) is 5.01 Å². The Morgan fingerprint density at radius 1 is 1.15 bits per heavy atom. The van der Waals surface area contributed by atoms with Crippen LogP contribution in [-0.2, 0) is 0 Å². The molecule has 2 aromatic rings. The highest BCUT2D eigenvalue weighted by Gasteiger charge is 2.44. The molecule has 0 radical (unpaired) electrons. The summed E-state index contributed by atoms with van der Waals surface area (Å²) in [5.74, 6) is 0.522. The molecule has 39 heavy (non-hydrogen) atoms. The Bertz CT molecular complexity index is 1280. The van der Waals surface area contributed by atoms with E-state index in [2.05, 4.69) is 27.2 Å². The number of aliphatic hydroxyl groups is 1. The number of carbonyl (C=O) groups is 2. The minimum atomic E-state index is -1.10. The van der Waals surface area contributed by atoms with E-state index >= 15 is 0 Å². The van der Waals surface area contributed by atoms with Crippen LogP contribution < -0.4 is 10.6 Å². The van der Waals surface area contributed by atoms with Crippen LogP contribution in [0.5, 0.6) is 0 Å². The van der Waals surface area contributed by atoms with Gasteiger partial charge in [0.1, 0.15) is 17.3 Å². The Morgan fingerprint density at radius 3 is 2.31 bits per heavy atom. The minimum absolute atomic E-state index is 0.0257. The molecule has 208 valence electrons. The molecular formula is C29H36FN5O3S. The van der Waals surface area contributed by atoms with Crippen molar-refractivity contribution in [1.29, 1.82) is 0 Å². The lowest BCUT2D eigenvalue weighted by Gasteiger charge is -2.22. The lowest BCUT2D eigenvalue weighted by molar-refractivity contribution is 0.0692. The standard InChI is InChI=1S/C29H36FN5O3S/c1-15(30)20-12-22(33-23(16-4-5-16)17-6-7-17)31-13-21(20)25-24(28(37)35-18-8-9-19(35)11-10-18)34-27(39-25)26(36)32-14-29(2,3)38/h12-13,16-19,23,38H,1,4-11,14H2,2-3H3,(H,31,33)(H,32,36). The zero-order valence-electron chi connectivity index (χ0n) is 22.5. The van der Waals surface area contributed by atoms with Crippen LogP contribution in [0.2, 0.25) is 0 Å². The predicted octanol–water partition coefficient (Wildman–Crippen LogP) is 5.01. The molecule has 2 saturated carbocycles. The quantitative estimate of drug-likeness (QED) is 0.382. The molecule has 4 aliphatic rings. The first kappa shape index (κ1) is 26.4. The lowest BCUT2D eigenvalue weighted by atomic mass is 10.0. The highest BCUT2D eigenvalue weighted by molar-refractivity contribution is 7.17. The summed E-state index contributed by atoms with van der Waals surface area (Å²) < 4.78 is 15.0. The maximum absolute atomic E-state index is 15.0. The van der Waals surface area contributed by atoms with E-state index in [4.69, 9.17) is 0 Å². The van der Waals surface area contributed by atoms with Crippen LogP contribution in [0, 0.1) is 11.8 Å². The molecule has 4 heterocycles. The number of hydrogen-bond acceptors (Lipinski definition) is 7. The number of thiazole rings is 1. The predicted molar refractivity (Wildman–Crippen MR) is 149 cm³/mol. The van der Waals surface area contributed by atoms with E-state index in [9.17, 15) is 19.1 Å². The molecule has 2 saturated heterocycles. The van der Waals surface area contributed by atoms with E-state index in [0.717, 1.165) is 37.0 Å². The molecule has 10 heteroatoms. The van der Waals surface area contributed by atoms with Gasteiger partial charge in [-0.3, -0.25) is 9.59 Å². The first-order valence-corrected chi connectivity index (χ1v) is 14.9. The molecule has 8 nitrogen and oxygen atoms in total. The molecule has 0 atom stereocenters. The van der Waals surface area contributed by atoms with Gasteiger partial charge in [-0.25, -0.2) is 14.4 Å². The summed E-state index contributed by atoms with van der Waals surface area (Å²) in [5, 5.41) is 16.4. The normalized spacial score (nSPS) is 22.4. The molecule has 2 aliphatic carbocycles. The van der Waals surface area contributed by atoms with E-state index in [1.807, 2.05) is 4.90 Å². The van der Waals surface area contributed by atoms with Crippen molar-refractivity contribution in [3.05, 3.63) is 35.1 Å². The van der Waals surface area contributed by atoms with Gasteiger partial charge in [-0.05, 0) is 83.1 Å². The van der Waals surface area contributed by atoms with Gasteiger partial charge in [-0.2, -0.15) is 0 Å². The number of halogens is 1. The SMILES string of the molecule is C=C(F)c1cc(NC(C2CC2)C2CC2)ncc1-c1sc(C(=O)NCC(C)(C)O)nc1C(=O)N1C2CCC1CC2. The van der Waals surface area contributed by atoms with E-state index in [1.54, 1.807) is 26.1 Å². The lowest BCUT2D eigenvalue weighted by Crippen LogP contribution is -2.38. The largest absolute Gasteiger partial charge is 0.389 e. The number of pyridine rings is 1. The summed E-state index contributed by atoms with van der Waals surface area (Å²) >= 11 is 1.04. The number of fused-ring (bicyclic) bond motifs is 2. The Kier molecular flexibility index (Phi) is 6.74. The summed E-state index contributed by atoms with van der Waals surface area (Å²) in [7, 11) is 0. The maximum Gasteiger partial charge on any atom is 0.280 e. The van der Waals surface area contributed by atoms with Crippen molar-refractivity contribution in [3.8, 4) is 10.4 Å². The van der Waals surface area contributed by atoms with Gasteiger partial charge in [0, 0.05) is 42.0 Å². The van der Waals surface area contributed by atoms with Crippen LogP contribution in [0.1, 0.15) is 91.1 Å². The van der Waals surface area contributed by atoms with Crippen molar-refractivity contribution >= 4 is 34.8 Å². The average molecular weight is 554 g/mol. The van der Waals surface area contributed by atoms with Crippen molar-refractivity contribution in [1.82, 2.24) is 20.2 Å². The van der Waals surface area contributed by atoms with Crippen molar-refractivity contribution in [2.75, 3.05) is 11.9 Å². The number of amides is 2. The molecule has 0 unspecified atom stereocenters. The van der Waals surface area contributed by atoms with Crippen molar-refractivity contribution in [2.24, 2.45) is 11.8 Å². The zero-order chi connectivity index (χ0) is 27.5. The number of carbonyl (C=O) groups excluding carboxylic acids is 2. The van der Waals surface area contributed by atoms with Gasteiger partial charge in [0.2, 0.25) is 0 Å². The van der Waals surface area contributed by atoms with E-state index in [0.29, 0.717) is 34.1 Å². The van der Waals surface area contributed by atoms with Crippen molar-refractivity contribution in [3.63, 3.8) is 0 Å². The van der Waals surface area contributed by atoms with Gasteiger partial charge in [0.05, 0.1) is 10.5 Å². The fourth-order valence-electron chi connectivity index (χ4n) is 6.13. The topological polar surface area (TPSA) is 107 Å². The molecule has 4 fully saturated rings. The Morgan fingerprint density at radius 2 is 1.77 bits per heavy atom. The Labute approximate surface area is 232 Å². The monoisotopic (exact) mass is 553 g/mol. The van der Waals surface area contributed by atoms with Gasteiger partial charge in [0.25, 0.3) is 11.8 Å². The summed E-state index contributed by atoms with van der Waals surface area (Å²) in [6, 6.07) is 2.36. The molecule has 2 aromatic heterocycles. The number of aromatic nitrogens is 2. The third-order valence-corrected chi connectivity index (χ3v) is 9.50. The summed E-state index contributed by atoms with van der Waals surface area (Å²) in [6.07, 6.45) is 10.3. The first-order chi connectivity index (χ1) is 18.6. The fourth-order valence-corrected chi connectivity index (χ4v) is 7.12. The van der Waals surface area contributed by atoms with Crippen LogP contribution in [0.3, 0.4) is 0 Å². The fraction of sp³-hybridized carbons (Fsp3) is 0.586. The zero-order valence-corrected chi connectivity index (χ0v) is 23.3. The molecule has 2 bridgehead atoms. The molecular weight excluding hydrogens is 517 g/mol.